The summed E-state index contributed by atoms with van der Waals surface area (Å²) in [4.78, 5) is 12.5. The van der Waals surface area contributed by atoms with Crippen molar-refractivity contribution in [3.05, 3.63) is 0 Å². The van der Waals surface area contributed by atoms with Gasteiger partial charge in [-0.3, -0.25) is 0 Å². The smallest absolute Gasteiger partial charge is 0.262 e. The lowest BCUT2D eigenvalue weighted by Crippen LogP contribution is -2.71. The molecule has 0 aromatic rings. The van der Waals surface area contributed by atoms with Gasteiger partial charge in [0.1, 0.15) is 0 Å². The molecule has 3 aliphatic rings. The summed E-state index contributed by atoms with van der Waals surface area (Å²) >= 11 is 16.8. The minimum absolute atomic E-state index is 0.545. The molecule has 0 spiro atoms. The van der Waals surface area contributed by atoms with Crippen LogP contribution in [0.1, 0.15) is 0 Å². The van der Waals surface area contributed by atoms with Crippen molar-refractivity contribution in [2.45, 2.75) is 11.6 Å². The second-order valence-electron chi connectivity index (χ2n) is 5.47. The van der Waals surface area contributed by atoms with Gasteiger partial charge in [-0.2, -0.15) is 0 Å². The third-order valence-corrected chi connectivity index (χ3v) is 6.62. The standard InChI is InChI=1S/C11H18N6S3/c1-12-7(18)13(2)11-10(12,14(3)8(19)16(11)5)15(4)9(20)17(11)6/h1-6H3. The quantitative estimate of drug-likeness (QED) is 0.557. The first-order valence-electron chi connectivity index (χ1n) is 6.23. The molecule has 0 amide bonds. The Hall–Kier alpha value is -0.930. The molecule has 110 valence electrons. The summed E-state index contributed by atoms with van der Waals surface area (Å²) in [5.41, 5.74) is 0. The molecule has 0 atom stereocenters. The average Bonchev–Trinajstić information content (AvgIpc) is 2.81. The summed E-state index contributed by atoms with van der Waals surface area (Å²) in [7, 11) is 12.0. The van der Waals surface area contributed by atoms with Gasteiger partial charge in [0, 0.05) is 42.3 Å². The molecule has 0 radical (unpaired) electrons. The zero-order valence-electron chi connectivity index (χ0n) is 12.4. The van der Waals surface area contributed by atoms with Gasteiger partial charge in [0.05, 0.1) is 0 Å². The maximum absolute atomic E-state index is 5.61. The molecule has 20 heavy (non-hydrogen) atoms. The third kappa shape index (κ3) is 0.951. The van der Waals surface area contributed by atoms with E-state index in [1.807, 2.05) is 42.3 Å². The highest BCUT2D eigenvalue weighted by atomic mass is 32.1. The molecular formula is C11H18N6S3. The van der Waals surface area contributed by atoms with Crippen LogP contribution in [-0.4, -0.2) is 98.6 Å². The van der Waals surface area contributed by atoms with Crippen molar-refractivity contribution >= 4 is 52.0 Å². The Balaban J connectivity index is 2.40. The number of hydrogen-bond donors (Lipinski definition) is 0. The number of rotatable bonds is 0. The second kappa shape index (κ2) is 3.63. The summed E-state index contributed by atoms with van der Waals surface area (Å²) in [6.45, 7) is 0. The molecule has 0 unspecified atom stereocenters. The van der Waals surface area contributed by atoms with E-state index in [9.17, 15) is 0 Å². The molecule has 6 nitrogen and oxygen atoms in total. The van der Waals surface area contributed by atoms with Gasteiger partial charge in [0.15, 0.2) is 15.3 Å². The van der Waals surface area contributed by atoms with Crippen LogP contribution in [0.15, 0.2) is 0 Å². The van der Waals surface area contributed by atoms with Gasteiger partial charge in [0.2, 0.25) is 0 Å². The summed E-state index contributed by atoms with van der Waals surface area (Å²) in [6, 6.07) is 0. The number of likely N-dealkylation sites (N-methyl/N-ethyl adjacent to an activating group) is 6. The first-order valence-corrected chi connectivity index (χ1v) is 7.45. The van der Waals surface area contributed by atoms with E-state index in [2.05, 4.69) is 29.4 Å². The van der Waals surface area contributed by atoms with Crippen LogP contribution in [0.25, 0.3) is 0 Å². The molecule has 0 saturated carbocycles. The Kier molecular flexibility index (Phi) is 2.55. The lowest BCUT2D eigenvalue weighted by molar-refractivity contribution is -0.124. The Morgan fingerprint density at radius 3 is 0.800 bits per heavy atom. The fraction of sp³-hybridized carbons (Fsp3) is 0.727. The predicted octanol–water partition coefficient (Wildman–Crippen LogP) is -0.220. The Morgan fingerprint density at radius 1 is 0.500 bits per heavy atom. The van der Waals surface area contributed by atoms with Gasteiger partial charge in [-0.05, 0) is 36.7 Å². The van der Waals surface area contributed by atoms with Crippen LogP contribution >= 0.6 is 36.7 Å². The summed E-state index contributed by atoms with van der Waals surface area (Å²) in [5.74, 6) is -1.09. The molecule has 3 fully saturated rings. The predicted molar refractivity (Wildman–Crippen MR) is 89.8 cm³/mol. The van der Waals surface area contributed by atoms with E-state index < -0.39 is 11.6 Å². The fourth-order valence-corrected chi connectivity index (χ4v) is 4.94. The van der Waals surface area contributed by atoms with E-state index in [0.29, 0.717) is 0 Å². The van der Waals surface area contributed by atoms with Gasteiger partial charge in [0.25, 0.3) is 11.6 Å². The summed E-state index contributed by atoms with van der Waals surface area (Å²) in [6.07, 6.45) is 0. The van der Waals surface area contributed by atoms with Crippen LogP contribution in [0.3, 0.4) is 0 Å². The SMILES string of the molecule is CN1C(=S)N(C)C23N(C)C(=S)N(C)C12N(C)C(=S)N3C. The average molecular weight is 331 g/mol. The van der Waals surface area contributed by atoms with Crippen molar-refractivity contribution in [1.29, 1.82) is 0 Å². The van der Waals surface area contributed by atoms with E-state index in [-0.39, 0.29) is 0 Å². The first kappa shape index (κ1) is 14.0. The monoisotopic (exact) mass is 330 g/mol. The molecule has 3 saturated heterocycles. The molecule has 0 aromatic heterocycles. The largest absolute Gasteiger partial charge is 0.306 e. The summed E-state index contributed by atoms with van der Waals surface area (Å²) < 4.78 is 0. The topological polar surface area (TPSA) is 19.4 Å². The van der Waals surface area contributed by atoms with Crippen molar-refractivity contribution in [2.24, 2.45) is 0 Å². The minimum Gasteiger partial charge on any atom is -0.306 e. The number of hydrogen-bond acceptors (Lipinski definition) is 3. The van der Waals surface area contributed by atoms with Crippen molar-refractivity contribution in [2.75, 3.05) is 42.3 Å². The van der Waals surface area contributed by atoms with E-state index in [1.54, 1.807) is 0 Å². The van der Waals surface area contributed by atoms with Crippen molar-refractivity contribution in [1.82, 2.24) is 29.4 Å². The molecule has 0 aromatic carbocycles. The molecule has 3 rings (SSSR count). The maximum atomic E-state index is 5.61. The lowest BCUT2D eigenvalue weighted by atomic mass is 10.1. The molecule has 0 N–H and O–H groups in total. The van der Waals surface area contributed by atoms with Crippen LogP contribution in [-0.2, 0) is 0 Å². The Bertz CT molecular complexity index is 434. The van der Waals surface area contributed by atoms with Crippen LogP contribution in [0.5, 0.6) is 0 Å². The van der Waals surface area contributed by atoms with E-state index in [4.69, 9.17) is 36.7 Å². The van der Waals surface area contributed by atoms with Gasteiger partial charge < -0.3 is 29.4 Å². The second-order valence-corrected chi connectivity index (χ2v) is 6.57. The number of thiocarbonyl (C=S) groups is 3. The van der Waals surface area contributed by atoms with Gasteiger partial charge >= 0.3 is 0 Å². The van der Waals surface area contributed by atoms with Gasteiger partial charge in [-0.25, -0.2) is 0 Å². The molecule has 3 aliphatic heterocycles. The highest BCUT2D eigenvalue weighted by Gasteiger charge is 2.82. The van der Waals surface area contributed by atoms with Gasteiger partial charge in [-0.15, -0.1) is 0 Å². The zero-order chi connectivity index (χ0) is 15.2. The normalized spacial score (nSPS) is 36.6. The molecular weight excluding hydrogens is 312 g/mol. The van der Waals surface area contributed by atoms with Crippen molar-refractivity contribution in [3.8, 4) is 0 Å². The zero-order valence-corrected chi connectivity index (χ0v) is 14.9. The van der Waals surface area contributed by atoms with E-state index >= 15 is 0 Å². The highest BCUT2D eigenvalue weighted by Crippen LogP contribution is 2.55. The molecule has 9 heteroatoms. The minimum atomic E-state index is -0.545. The highest BCUT2D eigenvalue weighted by molar-refractivity contribution is 7.80. The molecule has 0 bridgehead atoms. The van der Waals surface area contributed by atoms with Crippen molar-refractivity contribution < 1.29 is 0 Å². The number of nitrogens with zero attached hydrogens (tertiary/aromatic N) is 6. The first-order chi connectivity index (χ1) is 9.18. The maximum Gasteiger partial charge on any atom is 0.262 e. The van der Waals surface area contributed by atoms with Crippen LogP contribution in [0, 0.1) is 0 Å². The lowest BCUT2D eigenvalue weighted by Gasteiger charge is -2.46. The van der Waals surface area contributed by atoms with Crippen LogP contribution in [0.2, 0.25) is 0 Å². The van der Waals surface area contributed by atoms with Crippen molar-refractivity contribution in [3.63, 3.8) is 0 Å². The third-order valence-electron chi connectivity index (χ3n) is 4.98. The fourth-order valence-electron chi connectivity index (χ4n) is 4.18. The summed E-state index contributed by atoms with van der Waals surface area (Å²) in [5, 5.41) is 2.31. The molecule has 3 heterocycles. The Morgan fingerprint density at radius 2 is 0.650 bits per heavy atom. The molecule has 0 aliphatic carbocycles. The van der Waals surface area contributed by atoms with Gasteiger partial charge in [-0.1, -0.05) is 0 Å². The van der Waals surface area contributed by atoms with Crippen LogP contribution < -0.4 is 0 Å². The van der Waals surface area contributed by atoms with E-state index in [1.165, 1.54) is 0 Å². The Labute approximate surface area is 135 Å². The van der Waals surface area contributed by atoms with Crippen LogP contribution in [0.4, 0.5) is 0 Å². The van der Waals surface area contributed by atoms with E-state index in [0.717, 1.165) is 15.3 Å².